The van der Waals surface area contributed by atoms with Crippen LogP contribution in [0.5, 0.6) is 0 Å². The molecule has 1 heterocycles. The van der Waals surface area contributed by atoms with E-state index in [0.29, 0.717) is 16.1 Å². The highest BCUT2D eigenvalue weighted by atomic mass is 127. The Bertz CT molecular complexity index is 1060. The predicted molar refractivity (Wildman–Crippen MR) is 102 cm³/mol. The van der Waals surface area contributed by atoms with Crippen molar-refractivity contribution in [1.82, 2.24) is 9.55 Å². The molecule has 0 unspecified atom stereocenters. The number of nitrogens with zero attached hydrogens (tertiary/aromatic N) is 1. The van der Waals surface area contributed by atoms with E-state index < -0.39 is 11.5 Å². The number of aromatic nitrogens is 2. The molecule has 0 fully saturated rings. The summed E-state index contributed by atoms with van der Waals surface area (Å²) in [5.74, 6) is -0.509. The van der Waals surface area contributed by atoms with Gasteiger partial charge in [-0.2, -0.15) is 0 Å². The number of nitrogens with one attached hydrogen (secondary N) is 1. The van der Waals surface area contributed by atoms with Gasteiger partial charge in [0.25, 0.3) is 11.5 Å². The quantitative estimate of drug-likeness (QED) is 0.410. The largest absolute Gasteiger partial charge is 0.330 e. The Hall–Kier alpha value is -1.22. The van der Waals surface area contributed by atoms with Crippen LogP contribution < -0.4 is 5.56 Å². The van der Waals surface area contributed by atoms with Crippen LogP contribution in [0.3, 0.4) is 0 Å². The summed E-state index contributed by atoms with van der Waals surface area (Å²) < 4.78 is 1.87. The number of halogens is 3. The van der Waals surface area contributed by atoms with Crippen molar-refractivity contribution in [1.29, 1.82) is 0 Å². The van der Waals surface area contributed by atoms with E-state index in [1.165, 1.54) is 12.1 Å². The lowest BCUT2D eigenvalue weighted by atomic mass is 10.2. The van der Waals surface area contributed by atoms with Crippen LogP contribution in [0.25, 0.3) is 10.9 Å². The summed E-state index contributed by atoms with van der Waals surface area (Å²) in [4.78, 5) is 28.1. The number of hydrogen-bond donors (Lipinski definition) is 1. The molecule has 0 radical (unpaired) electrons. The van der Waals surface area contributed by atoms with Crippen LogP contribution in [0.4, 0.5) is 0 Å². The van der Waals surface area contributed by atoms with Crippen molar-refractivity contribution in [3.63, 3.8) is 0 Å². The number of rotatable bonds is 1. The third-order valence-corrected chi connectivity index (χ3v) is 4.74. The molecule has 1 aromatic heterocycles. The van der Waals surface area contributed by atoms with Gasteiger partial charge >= 0.3 is 0 Å². The third-order valence-electron chi connectivity index (χ3n) is 3.22. The number of aromatic amines is 1. The lowest BCUT2D eigenvalue weighted by Crippen LogP contribution is -2.29. The number of carbonyl (C=O) groups is 1. The molecule has 0 amide bonds. The number of benzene rings is 2. The first-order chi connectivity index (χ1) is 10.9. The second-order valence-electron chi connectivity index (χ2n) is 4.69. The minimum absolute atomic E-state index is 0.0183. The summed E-state index contributed by atoms with van der Waals surface area (Å²) in [5.41, 5.74) is 0.161. The molecule has 2 aromatic carbocycles. The maximum absolute atomic E-state index is 12.7. The molecular formula is C15H7Cl2IN2O2S. The Morgan fingerprint density at radius 2 is 1.83 bits per heavy atom. The minimum atomic E-state index is -0.559. The predicted octanol–water partition coefficient (Wildman–Crippen LogP) is 4.66. The second kappa shape index (κ2) is 6.35. The SMILES string of the molecule is O=C(c1ccc(I)cc1)n1c(=S)[nH]c2c(Cl)cc(Cl)cc2c1=O. The highest BCUT2D eigenvalue weighted by Crippen LogP contribution is 2.24. The molecule has 3 rings (SSSR count). The molecule has 0 aliphatic rings. The fraction of sp³-hybridized carbons (Fsp3) is 0. The number of fused-ring (bicyclic) bond motifs is 1. The zero-order chi connectivity index (χ0) is 16.7. The molecule has 0 saturated heterocycles. The van der Waals surface area contributed by atoms with Gasteiger partial charge in [0, 0.05) is 14.2 Å². The number of hydrogen-bond acceptors (Lipinski definition) is 3. The van der Waals surface area contributed by atoms with Crippen molar-refractivity contribution < 1.29 is 4.79 Å². The lowest BCUT2D eigenvalue weighted by molar-refractivity contribution is 0.0953. The molecule has 4 nitrogen and oxygen atoms in total. The summed E-state index contributed by atoms with van der Waals surface area (Å²) in [6.07, 6.45) is 0. The molecule has 3 aromatic rings. The maximum Gasteiger partial charge on any atom is 0.269 e. The van der Waals surface area contributed by atoms with E-state index in [1.54, 1.807) is 24.3 Å². The highest BCUT2D eigenvalue weighted by Gasteiger charge is 2.16. The Kier molecular flexibility index (Phi) is 4.59. The molecule has 23 heavy (non-hydrogen) atoms. The monoisotopic (exact) mass is 476 g/mol. The molecule has 0 saturated carbocycles. The van der Waals surface area contributed by atoms with E-state index >= 15 is 0 Å². The normalized spacial score (nSPS) is 10.9. The Morgan fingerprint density at radius 1 is 1.17 bits per heavy atom. The molecule has 0 spiro atoms. The van der Waals surface area contributed by atoms with Gasteiger partial charge in [-0.05, 0) is 71.2 Å². The molecule has 0 bridgehead atoms. The van der Waals surface area contributed by atoms with Gasteiger partial charge in [-0.3, -0.25) is 9.59 Å². The molecule has 8 heteroatoms. The van der Waals surface area contributed by atoms with Gasteiger partial charge in [0.15, 0.2) is 4.77 Å². The van der Waals surface area contributed by atoms with Crippen molar-refractivity contribution >= 4 is 74.8 Å². The van der Waals surface area contributed by atoms with Gasteiger partial charge in [0.1, 0.15) is 0 Å². The van der Waals surface area contributed by atoms with Gasteiger partial charge in [0.2, 0.25) is 0 Å². The van der Waals surface area contributed by atoms with Crippen LogP contribution in [-0.2, 0) is 0 Å². The smallest absolute Gasteiger partial charge is 0.269 e. The van der Waals surface area contributed by atoms with Crippen molar-refractivity contribution in [3.05, 3.63) is 70.7 Å². The number of carbonyl (C=O) groups excluding carboxylic acids is 1. The summed E-state index contributed by atoms with van der Waals surface area (Å²) >= 11 is 19.3. The van der Waals surface area contributed by atoms with Crippen molar-refractivity contribution in [2.75, 3.05) is 0 Å². The second-order valence-corrected chi connectivity index (χ2v) is 7.17. The van der Waals surface area contributed by atoms with E-state index in [2.05, 4.69) is 27.6 Å². The zero-order valence-electron chi connectivity index (χ0n) is 11.3. The van der Waals surface area contributed by atoms with E-state index in [1.807, 2.05) is 0 Å². The average Bonchev–Trinajstić information content (AvgIpc) is 2.49. The summed E-state index contributed by atoms with van der Waals surface area (Å²) in [6.45, 7) is 0. The highest BCUT2D eigenvalue weighted by molar-refractivity contribution is 14.1. The molecule has 0 atom stereocenters. The summed E-state index contributed by atoms with van der Waals surface area (Å²) in [5, 5.41) is 0.776. The maximum atomic E-state index is 12.7. The van der Waals surface area contributed by atoms with Crippen LogP contribution in [-0.4, -0.2) is 15.5 Å². The Labute approximate surface area is 159 Å². The van der Waals surface area contributed by atoms with Crippen LogP contribution in [0.2, 0.25) is 10.0 Å². The van der Waals surface area contributed by atoms with Gasteiger partial charge in [-0.1, -0.05) is 23.2 Å². The van der Waals surface area contributed by atoms with Crippen molar-refractivity contribution in [2.45, 2.75) is 0 Å². The van der Waals surface area contributed by atoms with E-state index in [4.69, 9.17) is 35.4 Å². The Morgan fingerprint density at radius 3 is 2.48 bits per heavy atom. The fourth-order valence-corrected chi connectivity index (χ4v) is 3.32. The topological polar surface area (TPSA) is 54.9 Å². The Balaban J connectivity index is 2.30. The van der Waals surface area contributed by atoms with Gasteiger partial charge < -0.3 is 4.98 Å². The van der Waals surface area contributed by atoms with Crippen molar-refractivity contribution in [3.8, 4) is 0 Å². The van der Waals surface area contributed by atoms with Gasteiger partial charge in [-0.25, -0.2) is 4.57 Å². The zero-order valence-corrected chi connectivity index (χ0v) is 15.8. The van der Waals surface area contributed by atoms with Crippen LogP contribution in [0, 0.1) is 8.34 Å². The first-order valence-electron chi connectivity index (χ1n) is 6.33. The van der Waals surface area contributed by atoms with Gasteiger partial charge in [-0.15, -0.1) is 0 Å². The van der Waals surface area contributed by atoms with E-state index in [9.17, 15) is 9.59 Å². The van der Waals surface area contributed by atoms with Crippen molar-refractivity contribution in [2.24, 2.45) is 0 Å². The molecule has 0 aliphatic heterocycles. The van der Waals surface area contributed by atoms with E-state index in [-0.39, 0.29) is 15.2 Å². The summed E-state index contributed by atoms with van der Waals surface area (Å²) in [7, 11) is 0. The lowest BCUT2D eigenvalue weighted by Gasteiger charge is -2.08. The number of H-pyrrole nitrogens is 1. The van der Waals surface area contributed by atoms with E-state index in [0.717, 1.165) is 8.14 Å². The average molecular weight is 477 g/mol. The van der Waals surface area contributed by atoms with Crippen LogP contribution in [0.15, 0.2) is 41.2 Å². The molecule has 116 valence electrons. The third kappa shape index (κ3) is 3.08. The fourth-order valence-electron chi connectivity index (χ4n) is 2.15. The van der Waals surface area contributed by atoms with Crippen LogP contribution in [0.1, 0.15) is 10.4 Å². The first kappa shape index (κ1) is 16.6. The first-order valence-corrected chi connectivity index (χ1v) is 8.57. The minimum Gasteiger partial charge on any atom is -0.330 e. The van der Waals surface area contributed by atoms with Gasteiger partial charge in [0.05, 0.1) is 15.9 Å². The standard InChI is InChI=1S/C15H7Cl2IN2O2S/c16-8-5-10-12(11(17)6-8)19-15(23)20(14(10)22)13(21)7-1-3-9(18)4-2-7/h1-6H,(H,19,23). The van der Waals surface area contributed by atoms with Crippen LogP contribution >= 0.6 is 58.0 Å². The molecular weight excluding hydrogens is 470 g/mol. The summed E-state index contributed by atoms with van der Waals surface area (Å²) in [6, 6.07) is 9.79. The molecule has 0 aliphatic carbocycles. The molecule has 1 N–H and O–H groups in total.